The molecule has 0 amide bonds. The third-order valence-electron chi connectivity index (χ3n) is 3.64. The first-order valence-electron chi connectivity index (χ1n) is 7.12. The molecule has 18 heavy (non-hydrogen) atoms. The Bertz CT molecular complexity index is 236. The van der Waals surface area contributed by atoms with Gasteiger partial charge in [0.05, 0.1) is 18.3 Å². The summed E-state index contributed by atoms with van der Waals surface area (Å²) >= 11 is 0. The van der Waals surface area contributed by atoms with Gasteiger partial charge >= 0.3 is 0 Å². The first-order chi connectivity index (χ1) is 8.63. The second kappa shape index (κ2) is 6.82. The van der Waals surface area contributed by atoms with Crippen LogP contribution in [0.25, 0.3) is 0 Å². The van der Waals surface area contributed by atoms with Gasteiger partial charge in [-0.2, -0.15) is 0 Å². The molecular formula is C13H27N3O2. The molecule has 106 valence electrons. The highest BCUT2D eigenvalue weighted by Crippen LogP contribution is 2.11. The van der Waals surface area contributed by atoms with E-state index in [4.69, 9.17) is 4.74 Å². The highest BCUT2D eigenvalue weighted by atomic mass is 16.5. The fraction of sp³-hybridized carbons (Fsp3) is 1.00. The zero-order valence-corrected chi connectivity index (χ0v) is 11.6. The molecule has 2 aliphatic rings. The number of nitrogens with one attached hydrogen (secondary N) is 1. The fourth-order valence-electron chi connectivity index (χ4n) is 2.98. The monoisotopic (exact) mass is 257 g/mol. The number of hydrogen-bond donors (Lipinski definition) is 2. The van der Waals surface area contributed by atoms with Crippen LogP contribution >= 0.6 is 0 Å². The third kappa shape index (κ3) is 4.48. The lowest BCUT2D eigenvalue weighted by Crippen LogP contribution is -2.51. The lowest BCUT2D eigenvalue weighted by Gasteiger charge is -2.37. The van der Waals surface area contributed by atoms with E-state index in [1.54, 1.807) is 0 Å². The summed E-state index contributed by atoms with van der Waals surface area (Å²) in [6.07, 6.45) is 0.306. The third-order valence-corrected chi connectivity index (χ3v) is 3.64. The Morgan fingerprint density at radius 3 is 2.28 bits per heavy atom. The zero-order valence-electron chi connectivity index (χ0n) is 11.6. The first kappa shape index (κ1) is 14.2. The van der Waals surface area contributed by atoms with Crippen molar-refractivity contribution in [1.82, 2.24) is 15.1 Å². The Kier molecular flexibility index (Phi) is 5.38. The predicted molar refractivity (Wildman–Crippen MR) is 71.8 cm³/mol. The number of nitrogens with zero attached hydrogens (tertiary/aromatic N) is 2. The van der Waals surface area contributed by atoms with E-state index in [-0.39, 0.29) is 18.3 Å². The zero-order chi connectivity index (χ0) is 13.0. The molecule has 5 nitrogen and oxygen atoms in total. The maximum atomic E-state index is 10.2. The first-order valence-corrected chi connectivity index (χ1v) is 7.12. The van der Waals surface area contributed by atoms with Gasteiger partial charge in [-0.15, -0.1) is 0 Å². The van der Waals surface area contributed by atoms with Crippen molar-refractivity contribution in [2.45, 2.75) is 32.2 Å². The highest BCUT2D eigenvalue weighted by molar-refractivity contribution is 4.78. The Labute approximate surface area is 110 Å². The number of morpholine rings is 1. The van der Waals surface area contributed by atoms with Gasteiger partial charge in [-0.25, -0.2) is 0 Å². The molecule has 0 aromatic rings. The van der Waals surface area contributed by atoms with Crippen molar-refractivity contribution in [3.8, 4) is 0 Å². The summed E-state index contributed by atoms with van der Waals surface area (Å²) < 4.78 is 5.71. The maximum absolute atomic E-state index is 10.2. The van der Waals surface area contributed by atoms with Gasteiger partial charge in [0.2, 0.25) is 0 Å². The molecule has 0 saturated carbocycles. The van der Waals surface area contributed by atoms with Gasteiger partial charge in [0.1, 0.15) is 0 Å². The number of hydrogen-bond acceptors (Lipinski definition) is 5. The Hall–Kier alpha value is -0.200. The van der Waals surface area contributed by atoms with E-state index in [1.807, 2.05) is 0 Å². The van der Waals surface area contributed by atoms with E-state index in [0.29, 0.717) is 0 Å². The minimum atomic E-state index is -0.249. The molecule has 0 spiro atoms. The van der Waals surface area contributed by atoms with Crippen LogP contribution in [0.15, 0.2) is 0 Å². The molecule has 2 N–H and O–H groups in total. The molecule has 0 aliphatic carbocycles. The summed E-state index contributed by atoms with van der Waals surface area (Å²) in [5.74, 6) is 0. The maximum Gasteiger partial charge on any atom is 0.0793 e. The van der Waals surface area contributed by atoms with Crippen molar-refractivity contribution >= 4 is 0 Å². The van der Waals surface area contributed by atoms with Gasteiger partial charge in [0.15, 0.2) is 0 Å². The van der Waals surface area contributed by atoms with Crippen LogP contribution in [0.4, 0.5) is 0 Å². The molecule has 0 radical (unpaired) electrons. The fourth-order valence-corrected chi connectivity index (χ4v) is 2.98. The van der Waals surface area contributed by atoms with Crippen molar-refractivity contribution in [3.63, 3.8) is 0 Å². The minimum Gasteiger partial charge on any atom is -0.390 e. The molecule has 2 fully saturated rings. The molecule has 5 heteroatoms. The van der Waals surface area contributed by atoms with Crippen LogP contribution in [-0.4, -0.2) is 85.6 Å². The van der Waals surface area contributed by atoms with Crippen molar-refractivity contribution in [3.05, 3.63) is 0 Å². The molecule has 0 aromatic carbocycles. The van der Waals surface area contributed by atoms with Gasteiger partial charge in [0, 0.05) is 52.4 Å². The predicted octanol–water partition coefficient (Wildman–Crippen LogP) is -0.638. The molecular weight excluding hydrogens is 230 g/mol. The van der Waals surface area contributed by atoms with Crippen molar-refractivity contribution in [2.75, 3.05) is 52.4 Å². The standard InChI is InChI=1S/C13H27N3O2/c1-11-7-16(8-12(2)18-11)10-13(17)9-15-5-3-14-4-6-15/h11-14,17H,3-10H2,1-2H3/t11-,12+,13?. The van der Waals surface area contributed by atoms with E-state index in [9.17, 15) is 5.11 Å². The number of aliphatic hydroxyl groups excluding tert-OH is 1. The SMILES string of the molecule is C[C@@H]1CN(CC(O)CN2CCNCC2)C[C@H](C)O1. The summed E-state index contributed by atoms with van der Waals surface area (Å²) in [7, 11) is 0. The number of piperazine rings is 1. The quantitative estimate of drug-likeness (QED) is 0.702. The molecule has 0 aromatic heterocycles. The van der Waals surface area contributed by atoms with Crippen molar-refractivity contribution in [1.29, 1.82) is 0 Å². The Morgan fingerprint density at radius 2 is 1.67 bits per heavy atom. The number of β-amino-alcohol motifs (C(OH)–C–C–N with tert-alkyl or cyclic N) is 1. The Morgan fingerprint density at radius 1 is 1.11 bits per heavy atom. The van der Waals surface area contributed by atoms with Gasteiger partial charge in [0.25, 0.3) is 0 Å². The lowest BCUT2D eigenvalue weighted by molar-refractivity contribution is -0.0781. The number of rotatable bonds is 4. The summed E-state index contributed by atoms with van der Waals surface area (Å²) in [4.78, 5) is 4.67. The molecule has 2 rings (SSSR count). The highest BCUT2D eigenvalue weighted by Gasteiger charge is 2.24. The molecule has 3 atom stereocenters. The van der Waals surface area contributed by atoms with Crippen LogP contribution in [0.1, 0.15) is 13.8 Å². The van der Waals surface area contributed by atoms with Crippen LogP contribution in [0, 0.1) is 0 Å². The second-order valence-electron chi connectivity index (χ2n) is 5.68. The normalized spacial score (nSPS) is 33.5. The average molecular weight is 257 g/mol. The second-order valence-corrected chi connectivity index (χ2v) is 5.68. The summed E-state index contributed by atoms with van der Waals surface area (Å²) in [6.45, 7) is 11.8. The van der Waals surface area contributed by atoms with E-state index in [0.717, 1.165) is 52.4 Å². The summed E-state index contributed by atoms with van der Waals surface area (Å²) in [5, 5.41) is 13.5. The molecule has 2 saturated heterocycles. The smallest absolute Gasteiger partial charge is 0.0793 e. The van der Waals surface area contributed by atoms with E-state index >= 15 is 0 Å². The van der Waals surface area contributed by atoms with Crippen molar-refractivity contribution < 1.29 is 9.84 Å². The van der Waals surface area contributed by atoms with Crippen molar-refractivity contribution in [2.24, 2.45) is 0 Å². The number of ether oxygens (including phenoxy) is 1. The van der Waals surface area contributed by atoms with Gasteiger partial charge in [-0.1, -0.05) is 0 Å². The van der Waals surface area contributed by atoms with E-state index in [1.165, 1.54) is 0 Å². The van der Waals surface area contributed by atoms with Crippen LogP contribution in [0.3, 0.4) is 0 Å². The van der Waals surface area contributed by atoms with E-state index in [2.05, 4.69) is 29.0 Å². The van der Waals surface area contributed by atoms with Gasteiger partial charge in [-0.3, -0.25) is 9.80 Å². The molecule has 2 aliphatic heterocycles. The van der Waals surface area contributed by atoms with Gasteiger partial charge in [-0.05, 0) is 13.8 Å². The van der Waals surface area contributed by atoms with Crippen LogP contribution in [0.2, 0.25) is 0 Å². The largest absolute Gasteiger partial charge is 0.390 e. The summed E-state index contributed by atoms with van der Waals surface area (Å²) in [5.41, 5.74) is 0. The average Bonchev–Trinajstić information content (AvgIpc) is 2.28. The molecule has 2 heterocycles. The van der Waals surface area contributed by atoms with Crippen LogP contribution in [0.5, 0.6) is 0 Å². The van der Waals surface area contributed by atoms with Crippen LogP contribution in [-0.2, 0) is 4.74 Å². The molecule has 1 unspecified atom stereocenters. The van der Waals surface area contributed by atoms with Crippen LogP contribution < -0.4 is 5.32 Å². The Balaban J connectivity index is 1.70. The molecule has 0 bridgehead atoms. The minimum absolute atomic E-state index is 0.249. The lowest BCUT2D eigenvalue weighted by atomic mass is 10.2. The number of aliphatic hydroxyl groups is 1. The van der Waals surface area contributed by atoms with E-state index < -0.39 is 0 Å². The summed E-state index contributed by atoms with van der Waals surface area (Å²) in [6, 6.07) is 0. The van der Waals surface area contributed by atoms with Gasteiger partial charge < -0.3 is 15.2 Å². The topological polar surface area (TPSA) is 48.0 Å².